The molecule has 5 rings (SSSR count). The second-order valence-corrected chi connectivity index (χ2v) is 10.7. The van der Waals surface area contributed by atoms with E-state index >= 15 is 0 Å². The lowest BCUT2D eigenvalue weighted by molar-refractivity contribution is -0.123. The van der Waals surface area contributed by atoms with Crippen LogP contribution >= 0.6 is 11.6 Å². The van der Waals surface area contributed by atoms with Gasteiger partial charge < -0.3 is 32.7 Å². The number of pyridine rings is 1. The molecule has 0 radical (unpaired) electrons. The topological polar surface area (TPSA) is 177 Å². The Morgan fingerprint density at radius 2 is 1.77 bits per heavy atom. The number of nitrogens with one attached hydrogen (secondary N) is 4. The van der Waals surface area contributed by atoms with Crippen molar-refractivity contribution in [3.63, 3.8) is 0 Å². The fourth-order valence-electron chi connectivity index (χ4n) is 4.79. The van der Waals surface area contributed by atoms with Crippen LogP contribution in [0.15, 0.2) is 30.6 Å². The van der Waals surface area contributed by atoms with Gasteiger partial charge in [-0.05, 0) is 70.0 Å². The molecule has 8 N–H and O–H groups in total. The van der Waals surface area contributed by atoms with Gasteiger partial charge in [-0.2, -0.15) is 0 Å². The highest BCUT2D eigenvalue weighted by atomic mass is 35.5. The van der Waals surface area contributed by atoms with Gasteiger partial charge in [0.15, 0.2) is 11.3 Å². The van der Waals surface area contributed by atoms with E-state index in [1.165, 1.54) is 12.4 Å². The molecule has 1 atom stereocenters. The molecule has 2 fully saturated rings. The number of hydrogen-bond donors (Lipinski definition) is 6. The molecule has 0 aromatic carbocycles. The van der Waals surface area contributed by atoms with Gasteiger partial charge in [-0.25, -0.2) is 14.5 Å². The second kappa shape index (κ2) is 12.1. The number of fused-ring (bicyclic) bond motifs is 1. The van der Waals surface area contributed by atoms with Crippen LogP contribution in [-0.2, 0) is 4.79 Å². The number of carbonyl (C=O) groups excluding carboxylic acids is 2. The fraction of sp³-hybridized carbons (Fsp3) is 0.500. The van der Waals surface area contributed by atoms with E-state index in [9.17, 15) is 9.59 Å². The van der Waals surface area contributed by atoms with Crippen LogP contribution in [0.2, 0.25) is 5.15 Å². The molecule has 2 aliphatic carbocycles. The zero-order chi connectivity index (χ0) is 27.4. The lowest BCUT2D eigenvalue weighted by atomic mass is 9.91. The summed E-state index contributed by atoms with van der Waals surface area (Å²) in [4.78, 5) is 33.9. The van der Waals surface area contributed by atoms with Crippen molar-refractivity contribution in [3.8, 4) is 0 Å². The Morgan fingerprint density at radius 3 is 2.49 bits per heavy atom. The first-order valence-electron chi connectivity index (χ1n) is 13.5. The van der Waals surface area contributed by atoms with Crippen molar-refractivity contribution in [2.45, 2.75) is 75.5 Å². The van der Waals surface area contributed by atoms with Gasteiger partial charge >= 0.3 is 0 Å². The predicted molar refractivity (Wildman–Crippen MR) is 151 cm³/mol. The number of nitrogens with zero attached hydrogens (tertiary/aromatic N) is 4. The minimum Gasteiger partial charge on any atom is -0.379 e. The molecule has 2 aliphatic rings. The minimum absolute atomic E-state index is 0.104. The SMILES string of the molecule is NCCC[C@@H](N)C(=O)N[C@H]1CC[C@H](Nc2cc(NC3CC3)c3ncc(C(=O)Nc4ccnc(Cl)c4)n3n2)CC1. The molecule has 208 valence electrons. The Balaban J connectivity index is 1.27. The van der Waals surface area contributed by atoms with Gasteiger partial charge in [0.25, 0.3) is 5.91 Å². The summed E-state index contributed by atoms with van der Waals surface area (Å²) in [6.07, 6.45) is 10.00. The number of halogens is 1. The Labute approximate surface area is 231 Å². The van der Waals surface area contributed by atoms with Crippen LogP contribution in [-0.4, -0.2) is 62.1 Å². The Hall–Kier alpha value is -3.48. The molecule has 3 heterocycles. The maximum absolute atomic E-state index is 13.1. The Bertz CT molecular complexity index is 1320. The summed E-state index contributed by atoms with van der Waals surface area (Å²) >= 11 is 5.96. The van der Waals surface area contributed by atoms with E-state index in [1.807, 2.05) is 6.07 Å². The van der Waals surface area contributed by atoms with Crippen LogP contribution in [0.3, 0.4) is 0 Å². The highest BCUT2D eigenvalue weighted by molar-refractivity contribution is 6.29. The summed E-state index contributed by atoms with van der Waals surface area (Å²) in [7, 11) is 0. The molecule has 39 heavy (non-hydrogen) atoms. The molecule has 2 saturated carbocycles. The molecule has 0 aliphatic heterocycles. The zero-order valence-corrected chi connectivity index (χ0v) is 22.5. The van der Waals surface area contributed by atoms with E-state index in [2.05, 4.69) is 31.2 Å². The number of hydrogen-bond acceptors (Lipinski definition) is 9. The first kappa shape index (κ1) is 27.1. The van der Waals surface area contributed by atoms with Gasteiger partial charge in [-0.1, -0.05) is 11.6 Å². The summed E-state index contributed by atoms with van der Waals surface area (Å²) in [5.41, 5.74) is 13.8. The van der Waals surface area contributed by atoms with Crippen LogP contribution in [0.25, 0.3) is 5.65 Å². The number of rotatable bonds is 11. The molecular formula is C26H35ClN10O2. The Morgan fingerprint density at radius 1 is 1.05 bits per heavy atom. The lowest BCUT2D eigenvalue weighted by Crippen LogP contribution is -2.47. The predicted octanol–water partition coefficient (Wildman–Crippen LogP) is 2.51. The number of aromatic nitrogens is 4. The third-order valence-corrected chi connectivity index (χ3v) is 7.31. The van der Waals surface area contributed by atoms with Gasteiger partial charge in [0.2, 0.25) is 5.91 Å². The minimum atomic E-state index is -0.519. The number of amides is 2. The number of carbonyl (C=O) groups is 2. The molecule has 3 aromatic rings. The highest BCUT2D eigenvalue weighted by Crippen LogP contribution is 2.30. The van der Waals surface area contributed by atoms with Crippen molar-refractivity contribution in [1.82, 2.24) is 24.9 Å². The molecular weight excluding hydrogens is 520 g/mol. The zero-order valence-electron chi connectivity index (χ0n) is 21.7. The normalized spacial score (nSPS) is 19.9. The van der Waals surface area contributed by atoms with E-state index in [4.69, 9.17) is 28.2 Å². The molecule has 0 unspecified atom stereocenters. The molecule has 3 aromatic heterocycles. The van der Waals surface area contributed by atoms with Gasteiger partial charge in [-0.3, -0.25) is 9.59 Å². The standard InChI is InChI=1S/C26H35ClN10O2/c27-22-12-18(9-11-30-22)35-26(39)21-14-31-24-20(32-15-3-4-15)13-23(36-37(21)24)33-16-5-7-17(8-6-16)34-25(38)19(29)2-1-10-28/h9,11-17,19,32H,1-8,10,28-29H2,(H,33,36)(H,34,38)(H,30,35,39)/t16-,17-,19-/m1/s1. The quantitative estimate of drug-likeness (QED) is 0.194. The van der Waals surface area contributed by atoms with E-state index in [1.54, 1.807) is 16.6 Å². The van der Waals surface area contributed by atoms with Crippen molar-refractivity contribution >= 4 is 46.3 Å². The van der Waals surface area contributed by atoms with Crippen molar-refractivity contribution < 1.29 is 9.59 Å². The number of anilines is 3. The van der Waals surface area contributed by atoms with Gasteiger partial charge in [0, 0.05) is 36.1 Å². The van der Waals surface area contributed by atoms with Crippen molar-refractivity contribution in [3.05, 3.63) is 41.4 Å². The molecule has 0 bridgehead atoms. The van der Waals surface area contributed by atoms with E-state index in [0.717, 1.165) is 50.6 Å². The van der Waals surface area contributed by atoms with E-state index in [0.29, 0.717) is 41.9 Å². The second-order valence-electron chi connectivity index (χ2n) is 10.3. The summed E-state index contributed by atoms with van der Waals surface area (Å²) < 4.78 is 1.57. The molecule has 2 amide bonds. The van der Waals surface area contributed by atoms with Gasteiger partial charge in [0.1, 0.15) is 11.0 Å². The summed E-state index contributed by atoms with van der Waals surface area (Å²) in [6, 6.07) is 5.36. The maximum atomic E-state index is 13.1. The average Bonchev–Trinajstić information content (AvgIpc) is 3.63. The van der Waals surface area contributed by atoms with E-state index < -0.39 is 6.04 Å². The summed E-state index contributed by atoms with van der Waals surface area (Å²) in [6.45, 7) is 0.528. The third kappa shape index (κ3) is 6.94. The highest BCUT2D eigenvalue weighted by Gasteiger charge is 2.27. The first-order valence-corrected chi connectivity index (χ1v) is 13.9. The van der Waals surface area contributed by atoms with Gasteiger partial charge in [-0.15, -0.1) is 5.10 Å². The third-order valence-electron chi connectivity index (χ3n) is 7.10. The van der Waals surface area contributed by atoms with Crippen LogP contribution in [0.5, 0.6) is 0 Å². The first-order chi connectivity index (χ1) is 18.9. The monoisotopic (exact) mass is 554 g/mol. The molecule has 12 nitrogen and oxygen atoms in total. The average molecular weight is 555 g/mol. The van der Waals surface area contributed by atoms with E-state index in [-0.39, 0.29) is 29.1 Å². The Kier molecular flexibility index (Phi) is 8.44. The summed E-state index contributed by atoms with van der Waals surface area (Å²) in [5, 5.41) is 18.0. The largest absolute Gasteiger partial charge is 0.379 e. The van der Waals surface area contributed by atoms with Crippen molar-refractivity contribution in [1.29, 1.82) is 0 Å². The lowest BCUT2D eigenvalue weighted by Gasteiger charge is -2.30. The molecule has 0 spiro atoms. The van der Waals surface area contributed by atoms with Crippen LogP contribution in [0.4, 0.5) is 17.2 Å². The van der Waals surface area contributed by atoms with Crippen LogP contribution in [0, 0.1) is 0 Å². The number of nitrogens with two attached hydrogens (primary N) is 2. The van der Waals surface area contributed by atoms with Gasteiger partial charge in [0.05, 0.1) is 17.9 Å². The smallest absolute Gasteiger partial charge is 0.276 e. The number of imidazole rings is 1. The maximum Gasteiger partial charge on any atom is 0.276 e. The summed E-state index contributed by atoms with van der Waals surface area (Å²) in [5.74, 6) is 0.191. The van der Waals surface area contributed by atoms with Crippen molar-refractivity contribution in [2.24, 2.45) is 11.5 Å². The van der Waals surface area contributed by atoms with Crippen LogP contribution in [0.1, 0.15) is 61.9 Å². The van der Waals surface area contributed by atoms with Crippen molar-refractivity contribution in [2.75, 3.05) is 22.5 Å². The fourth-order valence-corrected chi connectivity index (χ4v) is 4.97. The molecule has 0 saturated heterocycles. The van der Waals surface area contributed by atoms with Crippen LogP contribution < -0.4 is 32.7 Å². The molecule has 13 heteroatoms.